The van der Waals surface area contributed by atoms with Crippen LogP contribution in [0.2, 0.25) is 0 Å². The first kappa shape index (κ1) is 32.1. The summed E-state index contributed by atoms with van der Waals surface area (Å²) in [4.78, 5) is 5.23. The minimum absolute atomic E-state index is 0.339. The van der Waals surface area contributed by atoms with Gasteiger partial charge in [0.25, 0.3) is 0 Å². The second-order valence-electron chi connectivity index (χ2n) is 14.6. The zero-order chi connectivity index (χ0) is 35.8. The number of pyridine rings is 1. The molecule has 1 aliphatic rings. The van der Waals surface area contributed by atoms with Crippen LogP contribution in [-0.4, -0.2) is 4.98 Å². The van der Waals surface area contributed by atoms with E-state index in [1.807, 2.05) is 0 Å². The molecule has 1 heterocycles. The van der Waals surface area contributed by atoms with E-state index in [1.54, 1.807) is 0 Å². The molecule has 0 fully saturated rings. The van der Waals surface area contributed by atoms with Gasteiger partial charge in [0.1, 0.15) is 0 Å². The molecule has 0 N–H and O–H groups in total. The Morgan fingerprint density at radius 3 is 1.44 bits per heavy atom. The minimum atomic E-state index is 0.339. The fraction of sp³-hybridized carbons (Fsp3) is 0.0755. The number of fused-ring (bicyclic) bond motifs is 6. The topological polar surface area (TPSA) is 12.9 Å². The van der Waals surface area contributed by atoms with E-state index in [0.717, 1.165) is 29.8 Å². The third-order valence-electron chi connectivity index (χ3n) is 11.2. The van der Waals surface area contributed by atoms with Crippen LogP contribution in [0.4, 0.5) is 0 Å². The molecule has 256 valence electrons. The van der Waals surface area contributed by atoms with Crippen molar-refractivity contribution < 1.29 is 0 Å². The summed E-state index contributed by atoms with van der Waals surface area (Å²) < 4.78 is 0. The van der Waals surface area contributed by atoms with Gasteiger partial charge < -0.3 is 0 Å². The standard InChI is InChI=1S/C53H39N/c1-4-15-36(16-5-1)42-30-43(32-44(31-42)41-27-28-50-48-25-11-10-23-46(48)47-24-12-13-26-49(47)51(50)33-41)39-21-14-22-40(29-39)45-34-52(37-17-6-2-7-18-37)54-53(35-45)38-19-8-3-9-20-38/h1-2,4-8,10-19,21-35,38H,3,9,20H2. The van der Waals surface area contributed by atoms with Crippen molar-refractivity contribution in [2.24, 2.45) is 0 Å². The fourth-order valence-corrected chi connectivity index (χ4v) is 8.45. The number of rotatable bonds is 6. The summed E-state index contributed by atoms with van der Waals surface area (Å²) in [5.41, 5.74) is 13.0. The van der Waals surface area contributed by atoms with Crippen LogP contribution in [0.15, 0.2) is 194 Å². The van der Waals surface area contributed by atoms with Crippen molar-refractivity contribution in [3.63, 3.8) is 0 Å². The number of aromatic nitrogens is 1. The Kier molecular flexibility index (Phi) is 8.19. The first-order valence-electron chi connectivity index (χ1n) is 19.1. The van der Waals surface area contributed by atoms with E-state index >= 15 is 0 Å². The van der Waals surface area contributed by atoms with Gasteiger partial charge >= 0.3 is 0 Å². The molecule has 9 aromatic rings. The molecule has 0 spiro atoms. The van der Waals surface area contributed by atoms with Gasteiger partial charge in [0.2, 0.25) is 0 Å². The number of hydrogen-bond donors (Lipinski definition) is 0. The molecular weight excluding hydrogens is 651 g/mol. The van der Waals surface area contributed by atoms with Crippen LogP contribution in [-0.2, 0) is 0 Å². The summed E-state index contributed by atoms with van der Waals surface area (Å²) in [6.07, 6.45) is 8.17. The predicted molar refractivity (Wildman–Crippen MR) is 230 cm³/mol. The Morgan fingerprint density at radius 1 is 0.352 bits per heavy atom. The van der Waals surface area contributed by atoms with Crippen molar-refractivity contribution in [3.05, 3.63) is 200 Å². The van der Waals surface area contributed by atoms with Gasteiger partial charge in [-0.3, -0.25) is 4.98 Å². The summed E-state index contributed by atoms with van der Waals surface area (Å²) in [5.74, 6) is 0.339. The molecule has 0 amide bonds. The quantitative estimate of drug-likeness (QED) is 0.125. The molecule has 0 saturated carbocycles. The third kappa shape index (κ3) is 5.98. The number of benzene rings is 8. The monoisotopic (exact) mass is 689 g/mol. The predicted octanol–water partition coefficient (Wildman–Crippen LogP) is 14.7. The van der Waals surface area contributed by atoms with Crippen molar-refractivity contribution in [1.82, 2.24) is 4.98 Å². The molecule has 1 nitrogen and oxygen atoms in total. The number of hydrogen-bond acceptors (Lipinski definition) is 1. The molecule has 0 radical (unpaired) electrons. The van der Waals surface area contributed by atoms with Gasteiger partial charge in [-0.05, 0) is 139 Å². The lowest BCUT2D eigenvalue weighted by Crippen LogP contribution is -2.03. The highest BCUT2D eigenvalue weighted by Crippen LogP contribution is 2.40. The second kappa shape index (κ2) is 13.8. The molecule has 0 bridgehead atoms. The van der Waals surface area contributed by atoms with Gasteiger partial charge in [0.05, 0.1) is 5.69 Å². The maximum atomic E-state index is 5.23. The van der Waals surface area contributed by atoms with E-state index in [-0.39, 0.29) is 0 Å². The average Bonchev–Trinajstić information content (AvgIpc) is 3.27. The highest BCUT2D eigenvalue weighted by molar-refractivity contribution is 6.25. The molecular formula is C53H39N. The first-order chi connectivity index (χ1) is 26.7. The van der Waals surface area contributed by atoms with Crippen molar-refractivity contribution >= 4 is 32.3 Å². The highest BCUT2D eigenvalue weighted by Gasteiger charge is 2.17. The van der Waals surface area contributed by atoms with Gasteiger partial charge in [0.15, 0.2) is 0 Å². The minimum Gasteiger partial charge on any atom is -0.252 e. The summed E-state index contributed by atoms with van der Waals surface area (Å²) >= 11 is 0. The van der Waals surface area contributed by atoms with Crippen LogP contribution in [0.3, 0.4) is 0 Å². The highest BCUT2D eigenvalue weighted by atomic mass is 14.7. The SMILES string of the molecule is C1=CC(c2cc(-c3cccc(-c4cc(-c5ccccc5)cc(-c5ccc6c7ccccc7c7ccccc7c6c5)c4)c3)cc(-c3ccccc3)n2)CCC1. The maximum absolute atomic E-state index is 5.23. The third-order valence-corrected chi connectivity index (χ3v) is 11.2. The Morgan fingerprint density at radius 2 is 0.833 bits per heavy atom. The molecule has 54 heavy (non-hydrogen) atoms. The molecule has 10 rings (SSSR count). The summed E-state index contributed by atoms with van der Waals surface area (Å²) in [5, 5.41) is 7.75. The number of allylic oxidation sites excluding steroid dienone is 2. The van der Waals surface area contributed by atoms with E-state index < -0.39 is 0 Å². The molecule has 0 saturated heterocycles. The largest absolute Gasteiger partial charge is 0.252 e. The zero-order valence-electron chi connectivity index (χ0n) is 30.1. The Hall–Kier alpha value is -6.57. The van der Waals surface area contributed by atoms with Crippen molar-refractivity contribution in [2.45, 2.75) is 25.2 Å². The van der Waals surface area contributed by atoms with Crippen LogP contribution in [0.1, 0.15) is 30.9 Å². The van der Waals surface area contributed by atoms with Gasteiger partial charge in [-0.25, -0.2) is 0 Å². The normalized spacial score (nSPS) is 14.2. The fourth-order valence-electron chi connectivity index (χ4n) is 8.45. The summed E-state index contributed by atoms with van der Waals surface area (Å²) in [6, 6.07) is 66.7. The molecule has 1 aliphatic carbocycles. The number of nitrogens with zero attached hydrogens (tertiary/aromatic N) is 1. The average molecular weight is 690 g/mol. The second-order valence-corrected chi connectivity index (χ2v) is 14.6. The van der Waals surface area contributed by atoms with Crippen LogP contribution < -0.4 is 0 Å². The zero-order valence-corrected chi connectivity index (χ0v) is 30.1. The van der Waals surface area contributed by atoms with Crippen molar-refractivity contribution in [2.75, 3.05) is 0 Å². The molecule has 8 aromatic carbocycles. The van der Waals surface area contributed by atoms with Gasteiger partial charge in [-0.2, -0.15) is 0 Å². The van der Waals surface area contributed by atoms with E-state index in [0.29, 0.717) is 5.92 Å². The van der Waals surface area contributed by atoms with Gasteiger partial charge in [0, 0.05) is 17.2 Å². The Labute approximate surface area is 316 Å². The van der Waals surface area contributed by atoms with Crippen LogP contribution in [0.5, 0.6) is 0 Å². The Balaban J connectivity index is 1.13. The molecule has 1 heteroatoms. The van der Waals surface area contributed by atoms with E-state index in [4.69, 9.17) is 4.98 Å². The molecule has 1 unspecified atom stereocenters. The van der Waals surface area contributed by atoms with Crippen LogP contribution in [0.25, 0.3) is 88.1 Å². The van der Waals surface area contributed by atoms with Crippen molar-refractivity contribution in [3.8, 4) is 55.8 Å². The van der Waals surface area contributed by atoms with Gasteiger partial charge in [-0.15, -0.1) is 0 Å². The van der Waals surface area contributed by atoms with Crippen LogP contribution >= 0.6 is 0 Å². The lowest BCUT2D eigenvalue weighted by molar-refractivity contribution is 0.642. The first-order valence-corrected chi connectivity index (χ1v) is 19.1. The van der Waals surface area contributed by atoms with Crippen LogP contribution in [0, 0.1) is 0 Å². The van der Waals surface area contributed by atoms with E-state index in [1.165, 1.54) is 83.2 Å². The lowest BCUT2D eigenvalue weighted by atomic mass is 9.89. The lowest BCUT2D eigenvalue weighted by Gasteiger charge is -2.18. The summed E-state index contributed by atoms with van der Waals surface area (Å²) in [6.45, 7) is 0. The van der Waals surface area contributed by atoms with Gasteiger partial charge in [-0.1, -0.05) is 152 Å². The molecule has 1 aromatic heterocycles. The maximum Gasteiger partial charge on any atom is 0.0711 e. The Bertz CT molecular complexity index is 2810. The van der Waals surface area contributed by atoms with E-state index in [2.05, 4.69) is 194 Å². The molecule has 1 atom stereocenters. The summed E-state index contributed by atoms with van der Waals surface area (Å²) in [7, 11) is 0. The van der Waals surface area contributed by atoms with Crippen molar-refractivity contribution in [1.29, 1.82) is 0 Å². The van der Waals surface area contributed by atoms with E-state index in [9.17, 15) is 0 Å². The smallest absolute Gasteiger partial charge is 0.0711 e. The molecule has 0 aliphatic heterocycles.